The second-order valence-electron chi connectivity index (χ2n) is 7.06. The molecule has 7 nitrogen and oxygen atoms in total. The number of hydrogen-bond acceptors (Lipinski definition) is 8. The summed E-state index contributed by atoms with van der Waals surface area (Å²) in [5.41, 5.74) is 0.811. The molecule has 0 spiro atoms. The third-order valence-electron chi connectivity index (χ3n) is 3.64. The number of thiazole rings is 2. The van der Waals surface area contributed by atoms with Gasteiger partial charge in [-0.1, -0.05) is 20.8 Å². The molecule has 0 amide bonds. The van der Waals surface area contributed by atoms with Gasteiger partial charge in [0.1, 0.15) is 4.90 Å². The first kappa shape index (κ1) is 22.3. The lowest BCUT2D eigenvalue weighted by atomic mass is 9.93. The van der Waals surface area contributed by atoms with Gasteiger partial charge in [-0.3, -0.25) is 4.72 Å². The summed E-state index contributed by atoms with van der Waals surface area (Å²) in [7, 11) is -4.36. The van der Waals surface area contributed by atoms with Crippen molar-refractivity contribution in [3.05, 3.63) is 40.8 Å². The monoisotopic (exact) mass is 478 g/mol. The summed E-state index contributed by atoms with van der Waals surface area (Å²) in [4.78, 5) is 7.51. The minimum atomic E-state index is -5.08. The van der Waals surface area contributed by atoms with Crippen molar-refractivity contribution in [2.75, 3.05) is 10.0 Å². The van der Waals surface area contributed by atoms with E-state index in [4.69, 9.17) is 0 Å². The Morgan fingerprint density at radius 2 is 1.83 bits per heavy atom. The highest BCUT2D eigenvalue weighted by molar-refractivity contribution is 7.93. The number of benzene rings is 1. The predicted octanol–water partition coefficient (Wildman–Crippen LogP) is 5.34. The first-order valence-electron chi connectivity index (χ1n) is 8.39. The highest BCUT2D eigenvalue weighted by atomic mass is 32.2. The van der Waals surface area contributed by atoms with Crippen LogP contribution in [0.3, 0.4) is 0 Å². The molecule has 0 saturated heterocycles. The maximum atomic E-state index is 12.9. The van der Waals surface area contributed by atoms with Crippen LogP contribution >= 0.6 is 22.7 Å². The zero-order valence-electron chi connectivity index (χ0n) is 15.9. The van der Waals surface area contributed by atoms with Crippen molar-refractivity contribution in [2.45, 2.75) is 37.4 Å². The lowest BCUT2D eigenvalue weighted by molar-refractivity contribution is -0.275. The van der Waals surface area contributed by atoms with Crippen molar-refractivity contribution in [3.63, 3.8) is 0 Å². The Labute approximate surface area is 179 Å². The number of nitrogens with zero attached hydrogens (tertiary/aromatic N) is 2. The van der Waals surface area contributed by atoms with Crippen molar-refractivity contribution < 1.29 is 26.3 Å². The van der Waals surface area contributed by atoms with E-state index in [9.17, 15) is 21.6 Å². The molecule has 3 rings (SSSR count). The molecule has 30 heavy (non-hydrogen) atoms. The van der Waals surface area contributed by atoms with Crippen LogP contribution in [0, 0.1) is 0 Å². The number of rotatable bonds is 6. The SMILES string of the molecule is CC(C)(C)c1csc(Nc2ccc(S(=O)(=O)Nc3nccs3)c(OC(F)(F)F)c2)n1. The molecule has 0 fully saturated rings. The van der Waals surface area contributed by atoms with E-state index in [1.165, 1.54) is 29.0 Å². The van der Waals surface area contributed by atoms with Crippen molar-refractivity contribution >= 4 is 48.6 Å². The van der Waals surface area contributed by atoms with Crippen LogP contribution in [0.25, 0.3) is 0 Å². The molecule has 1 aromatic carbocycles. The Hall–Kier alpha value is -2.38. The van der Waals surface area contributed by atoms with E-state index < -0.39 is 27.0 Å². The average molecular weight is 479 g/mol. The van der Waals surface area contributed by atoms with Crippen molar-refractivity contribution in [1.29, 1.82) is 0 Å². The maximum Gasteiger partial charge on any atom is 0.573 e. The van der Waals surface area contributed by atoms with Crippen LogP contribution in [0.4, 0.5) is 29.1 Å². The summed E-state index contributed by atoms with van der Waals surface area (Å²) in [6.07, 6.45) is -3.72. The van der Waals surface area contributed by atoms with Crippen LogP contribution in [0.2, 0.25) is 0 Å². The van der Waals surface area contributed by atoms with Gasteiger partial charge in [0.2, 0.25) is 0 Å². The summed E-state index contributed by atoms with van der Waals surface area (Å²) >= 11 is 2.27. The average Bonchev–Trinajstić information content (AvgIpc) is 3.24. The van der Waals surface area contributed by atoms with Crippen LogP contribution in [0.5, 0.6) is 5.75 Å². The molecule has 0 bridgehead atoms. The van der Waals surface area contributed by atoms with Gasteiger partial charge >= 0.3 is 6.36 Å². The zero-order valence-corrected chi connectivity index (χ0v) is 18.4. The highest BCUT2D eigenvalue weighted by Gasteiger charge is 2.34. The summed E-state index contributed by atoms with van der Waals surface area (Å²) in [5.74, 6) is -0.871. The van der Waals surface area contributed by atoms with E-state index in [-0.39, 0.29) is 16.2 Å². The summed E-state index contributed by atoms with van der Waals surface area (Å²) in [5, 5.41) is 6.72. The summed E-state index contributed by atoms with van der Waals surface area (Å²) in [6.45, 7) is 5.95. The highest BCUT2D eigenvalue weighted by Crippen LogP contribution is 2.35. The Bertz CT molecular complexity index is 1120. The standard InChI is InChI=1S/C17H17F3N4O3S3/c1-16(2,3)13-9-29-15(23-13)22-10-4-5-12(11(8-10)27-17(18,19)20)30(25,26)24-14-21-6-7-28-14/h4-9H,1-3H3,(H,21,24)(H,22,23). The van der Waals surface area contributed by atoms with Crippen molar-refractivity contribution in [3.8, 4) is 5.75 Å². The summed E-state index contributed by atoms with van der Waals surface area (Å²) < 4.78 is 70.0. The molecule has 13 heteroatoms. The fraction of sp³-hybridized carbons (Fsp3) is 0.294. The fourth-order valence-electron chi connectivity index (χ4n) is 2.26. The number of anilines is 3. The summed E-state index contributed by atoms with van der Waals surface area (Å²) in [6, 6.07) is 3.32. The molecular weight excluding hydrogens is 461 g/mol. The lowest BCUT2D eigenvalue weighted by Gasteiger charge is -2.16. The van der Waals surface area contributed by atoms with Crippen LogP contribution in [-0.2, 0) is 15.4 Å². The second-order valence-corrected chi connectivity index (χ2v) is 10.5. The topological polar surface area (TPSA) is 93.2 Å². The van der Waals surface area contributed by atoms with E-state index >= 15 is 0 Å². The van der Waals surface area contributed by atoms with Crippen LogP contribution < -0.4 is 14.8 Å². The number of nitrogens with one attached hydrogen (secondary N) is 2. The van der Waals surface area contributed by atoms with Gasteiger partial charge in [0.05, 0.1) is 5.69 Å². The van der Waals surface area contributed by atoms with Gasteiger partial charge in [-0.15, -0.1) is 35.8 Å². The molecule has 0 radical (unpaired) electrons. The zero-order chi connectivity index (χ0) is 22.2. The number of ether oxygens (including phenoxy) is 1. The molecule has 2 heterocycles. The minimum Gasteiger partial charge on any atom is -0.404 e. The van der Waals surface area contributed by atoms with Gasteiger partial charge in [-0.2, -0.15) is 0 Å². The maximum absolute atomic E-state index is 12.9. The second kappa shape index (κ2) is 8.04. The lowest BCUT2D eigenvalue weighted by Crippen LogP contribution is -2.21. The molecule has 162 valence electrons. The molecule has 0 aliphatic rings. The number of alkyl halides is 3. The van der Waals surface area contributed by atoms with Gasteiger partial charge in [-0.25, -0.2) is 18.4 Å². The van der Waals surface area contributed by atoms with Crippen LogP contribution in [-0.4, -0.2) is 24.7 Å². The normalized spacial score (nSPS) is 12.6. The van der Waals surface area contributed by atoms with Gasteiger partial charge < -0.3 is 10.1 Å². The van der Waals surface area contributed by atoms with Crippen LogP contribution in [0.1, 0.15) is 26.5 Å². The fourth-order valence-corrected chi connectivity index (χ4v) is 5.11. The molecule has 0 unspecified atom stereocenters. The molecule has 2 N–H and O–H groups in total. The number of sulfonamides is 1. The predicted molar refractivity (Wildman–Crippen MR) is 110 cm³/mol. The first-order chi connectivity index (χ1) is 13.8. The molecular formula is C17H17F3N4O3S3. The first-order valence-corrected chi connectivity index (χ1v) is 11.6. The molecule has 0 atom stereocenters. The molecule has 3 aromatic rings. The molecule has 2 aromatic heterocycles. The van der Waals surface area contributed by atoms with Gasteiger partial charge in [0, 0.05) is 34.1 Å². The Kier molecular flexibility index (Phi) is 5.98. The third-order valence-corrected chi connectivity index (χ3v) is 6.59. The largest absolute Gasteiger partial charge is 0.573 e. The van der Waals surface area contributed by atoms with Crippen molar-refractivity contribution in [2.24, 2.45) is 0 Å². The van der Waals surface area contributed by atoms with Crippen molar-refractivity contribution in [1.82, 2.24) is 9.97 Å². The van der Waals surface area contributed by atoms with Gasteiger partial charge in [0.25, 0.3) is 10.0 Å². The Balaban J connectivity index is 1.94. The van der Waals surface area contributed by atoms with E-state index in [1.807, 2.05) is 26.2 Å². The number of halogens is 3. The minimum absolute atomic E-state index is 0.0210. The Morgan fingerprint density at radius 3 is 2.40 bits per heavy atom. The Morgan fingerprint density at radius 1 is 1.10 bits per heavy atom. The quantitative estimate of drug-likeness (QED) is 0.497. The molecule has 0 aliphatic carbocycles. The molecule has 0 saturated carbocycles. The third kappa shape index (κ3) is 5.61. The van der Waals surface area contributed by atoms with Gasteiger partial charge in [-0.05, 0) is 12.1 Å². The number of hydrogen-bond donors (Lipinski definition) is 2. The van der Waals surface area contributed by atoms with E-state index in [1.54, 1.807) is 0 Å². The van der Waals surface area contributed by atoms with Gasteiger partial charge in [0.15, 0.2) is 16.0 Å². The molecule has 0 aliphatic heterocycles. The smallest absolute Gasteiger partial charge is 0.404 e. The number of aromatic nitrogens is 2. The van der Waals surface area contributed by atoms with E-state index in [0.717, 1.165) is 29.2 Å². The van der Waals surface area contributed by atoms with E-state index in [2.05, 4.69) is 24.7 Å². The van der Waals surface area contributed by atoms with Crippen LogP contribution in [0.15, 0.2) is 40.1 Å². The van der Waals surface area contributed by atoms with E-state index in [0.29, 0.717) is 5.13 Å².